The zero-order valence-electron chi connectivity index (χ0n) is 18.1. The van der Waals surface area contributed by atoms with E-state index in [4.69, 9.17) is 4.42 Å². The Morgan fingerprint density at radius 3 is 2.60 bits per heavy atom. The van der Waals surface area contributed by atoms with E-state index in [1.54, 1.807) is 0 Å². The summed E-state index contributed by atoms with van der Waals surface area (Å²) in [5, 5.41) is 8.60. The first-order valence-corrected chi connectivity index (χ1v) is 11.4. The van der Waals surface area contributed by atoms with Gasteiger partial charge >= 0.3 is 0 Å². The van der Waals surface area contributed by atoms with Gasteiger partial charge in [-0.3, -0.25) is 9.69 Å². The molecule has 2 saturated heterocycles. The molecule has 0 N–H and O–H groups in total. The summed E-state index contributed by atoms with van der Waals surface area (Å²) in [6.45, 7) is 7.51. The molecule has 1 aromatic carbocycles. The Bertz CT molecular complexity index is 902. The quantitative estimate of drug-likeness (QED) is 0.777. The molecule has 0 unspecified atom stereocenters. The minimum atomic E-state index is -0.107. The van der Waals surface area contributed by atoms with Crippen molar-refractivity contribution in [2.24, 2.45) is 5.92 Å². The Balaban J connectivity index is 1.35. The molecular formula is C24H32N4O2. The number of nitrogens with zero attached hydrogens (tertiary/aromatic N) is 4. The Kier molecular flexibility index (Phi) is 5.13. The van der Waals surface area contributed by atoms with Crippen molar-refractivity contribution in [1.29, 1.82) is 0 Å². The van der Waals surface area contributed by atoms with Gasteiger partial charge in [-0.2, -0.15) is 0 Å². The smallest absolute Gasteiger partial charge is 0.227 e. The molecule has 1 amide bonds. The molecular weight excluding hydrogens is 376 g/mol. The predicted octanol–water partition coefficient (Wildman–Crippen LogP) is 3.27. The van der Waals surface area contributed by atoms with Crippen LogP contribution in [0.3, 0.4) is 0 Å². The van der Waals surface area contributed by atoms with Gasteiger partial charge < -0.3 is 9.32 Å². The fourth-order valence-electron chi connectivity index (χ4n) is 5.83. The number of aromatic nitrogens is 2. The van der Waals surface area contributed by atoms with Gasteiger partial charge in [-0.15, -0.1) is 10.2 Å². The van der Waals surface area contributed by atoms with E-state index in [0.717, 1.165) is 44.1 Å². The standard InChI is InChI=1S/C24H32N4O2/c1-17-7-9-19(10-8-17)13-22(29)27-12-11-24(23-26-25-18(2)30-23)16-28(15-20(24)14-27)21-5-3-4-6-21/h7-10,20-21H,3-6,11-16H2,1-2H3/t20-,24-/m0/s1. The van der Waals surface area contributed by atoms with Crippen LogP contribution in [-0.4, -0.2) is 58.1 Å². The maximum atomic E-state index is 13.1. The minimum absolute atomic E-state index is 0.107. The molecule has 1 aliphatic carbocycles. The fourth-order valence-corrected chi connectivity index (χ4v) is 5.83. The Labute approximate surface area is 178 Å². The molecule has 2 atom stereocenters. The monoisotopic (exact) mass is 408 g/mol. The van der Waals surface area contributed by atoms with Gasteiger partial charge in [0.15, 0.2) is 0 Å². The summed E-state index contributed by atoms with van der Waals surface area (Å²) < 4.78 is 5.99. The lowest BCUT2D eigenvalue weighted by Gasteiger charge is -2.41. The van der Waals surface area contributed by atoms with E-state index in [2.05, 4.69) is 51.2 Å². The van der Waals surface area contributed by atoms with Crippen molar-refractivity contribution in [3.8, 4) is 0 Å². The third kappa shape index (κ3) is 3.55. The topological polar surface area (TPSA) is 62.5 Å². The first kappa shape index (κ1) is 19.7. The second-order valence-electron chi connectivity index (χ2n) is 9.60. The summed E-state index contributed by atoms with van der Waals surface area (Å²) in [6.07, 6.45) is 6.64. The van der Waals surface area contributed by atoms with Crippen molar-refractivity contribution in [2.45, 2.75) is 63.8 Å². The zero-order chi connectivity index (χ0) is 20.7. The van der Waals surface area contributed by atoms with E-state index >= 15 is 0 Å². The molecule has 6 heteroatoms. The molecule has 0 spiro atoms. The first-order chi connectivity index (χ1) is 14.5. The molecule has 0 bridgehead atoms. The maximum absolute atomic E-state index is 13.1. The highest BCUT2D eigenvalue weighted by Gasteiger charge is 2.55. The lowest BCUT2D eigenvalue weighted by atomic mass is 9.72. The Morgan fingerprint density at radius 2 is 1.90 bits per heavy atom. The van der Waals surface area contributed by atoms with E-state index in [1.165, 1.54) is 31.2 Å². The number of carbonyl (C=O) groups excluding carboxylic acids is 1. The summed E-state index contributed by atoms with van der Waals surface area (Å²) >= 11 is 0. The van der Waals surface area contributed by atoms with E-state index in [9.17, 15) is 4.79 Å². The molecule has 1 saturated carbocycles. The average Bonchev–Trinajstić information content (AvgIpc) is 3.48. The summed E-state index contributed by atoms with van der Waals surface area (Å²) in [6, 6.07) is 8.98. The van der Waals surface area contributed by atoms with Crippen LogP contribution >= 0.6 is 0 Å². The van der Waals surface area contributed by atoms with E-state index in [1.807, 2.05) is 6.92 Å². The number of amides is 1. The highest BCUT2D eigenvalue weighted by Crippen LogP contribution is 2.46. The normalized spacial score (nSPS) is 27.5. The molecule has 1 aromatic heterocycles. The summed E-state index contributed by atoms with van der Waals surface area (Å²) in [7, 11) is 0. The molecule has 2 aliphatic heterocycles. The number of aryl methyl sites for hydroxylation is 2. The Morgan fingerprint density at radius 1 is 1.13 bits per heavy atom. The van der Waals surface area contributed by atoms with Crippen LogP contribution in [0.1, 0.15) is 55.0 Å². The van der Waals surface area contributed by atoms with Gasteiger partial charge in [0.25, 0.3) is 0 Å². The molecule has 3 fully saturated rings. The minimum Gasteiger partial charge on any atom is -0.425 e. The number of hydrogen-bond donors (Lipinski definition) is 0. The lowest BCUT2D eigenvalue weighted by molar-refractivity contribution is -0.133. The van der Waals surface area contributed by atoms with Crippen LogP contribution in [0.5, 0.6) is 0 Å². The maximum Gasteiger partial charge on any atom is 0.227 e. The lowest BCUT2D eigenvalue weighted by Crippen LogP contribution is -2.51. The largest absolute Gasteiger partial charge is 0.425 e. The Hall–Kier alpha value is -2.21. The number of piperidine rings is 1. The molecule has 0 radical (unpaired) electrons. The second kappa shape index (κ2) is 7.80. The second-order valence-corrected chi connectivity index (χ2v) is 9.60. The molecule has 30 heavy (non-hydrogen) atoms. The number of benzene rings is 1. The average molecular weight is 409 g/mol. The highest BCUT2D eigenvalue weighted by molar-refractivity contribution is 5.79. The van der Waals surface area contributed by atoms with Crippen molar-refractivity contribution in [1.82, 2.24) is 20.0 Å². The van der Waals surface area contributed by atoms with Gasteiger partial charge in [-0.1, -0.05) is 42.7 Å². The van der Waals surface area contributed by atoms with Crippen LogP contribution in [0.4, 0.5) is 0 Å². The van der Waals surface area contributed by atoms with Gasteiger partial charge in [0.1, 0.15) is 0 Å². The van der Waals surface area contributed by atoms with Crippen molar-refractivity contribution in [2.75, 3.05) is 26.2 Å². The van der Waals surface area contributed by atoms with Crippen LogP contribution in [0, 0.1) is 19.8 Å². The van der Waals surface area contributed by atoms with Crippen LogP contribution in [0.15, 0.2) is 28.7 Å². The van der Waals surface area contributed by atoms with Crippen molar-refractivity contribution >= 4 is 5.91 Å². The predicted molar refractivity (Wildman–Crippen MR) is 114 cm³/mol. The van der Waals surface area contributed by atoms with Gasteiger partial charge in [-0.05, 0) is 31.7 Å². The van der Waals surface area contributed by atoms with Crippen LogP contribution in [0.2, 0.25) is 0 Å². The van der Waals surface area contributed by atoms with Gasteiger partial charge in [-0.25, -0.2) is 0 Å². The first-order valence-electron chi connectivity index (χ1n) is 11.4. The molecule has 3 aliphatic rings. The number of rotatable bonds is 4. The van der Waals surface area contributed by atoms with Crippen LogP contribution in [-0.2, 0) is 16.6 Å². The molecule has 5 rings (SSSR count). The third-order valence-electron chi connectivity index (χ3n) is 7.61. The van der Waals surface area contributed by atoms with Crippen molar-refractivity contribution in [3.05, 3.63) is 47.2 Å². The summed E-state index contributed by atoms with van der Waals surface area (Å²) in [5.41, 5.74) is 2.21. The number of carbonyl (C=O) groups is 1. The SMILES string of the molecule is Cc1ccc(CC(=O)N2CC[C@]3(c4nnc(C)o4)CN(C4CCCC4)C[C@@H]3C2)cc1. The third-order valence-corrected chi connectivity index (χ3v) is 7.61. The number of likely N-dealkylation sites (tertiary alicyclic amines) is 2. The zero-order valence-corrected chi connectivity index (χ0v) is 18.1. The summed E-state index contributed by atoms with van der Waals surface area (Å²) in [5.74, 6) is 2.01. The molecule has 6 nitrogen and oxygen atoms in total. The highest BCUT2D eigenvalue weighted by atomic mass is 16.4. The van der Waals surface area contributed by atoms with Crippen LogP contribution < -0.4 is 0 Å². The molecule has 160 valence electrons. The number of fused-ring (bicyclic) bond motifs is 1. The van der Waals surface area contributed by atoms with E-state index < -0.39 is 0 Å². The van der Waals surface area contributed by atoms with Gasteiger partial charge in [0.2, 0.25) is 17.7 Å². The number of hydrogen-bond acceptors (Lipinski definition) is 5. The molecule has 3 heterocycles. The van der Waals surface area contributed by atoms with Crippen LogP contribution in [0.25, 0.3) is 0 Å². The molecule has 2 aromatic rings. The van der Waals surface area contributed by atoms with Gasteiger partial charge in [0, 0.05) is 45.1 Å². The fraction of sp³-hybridized carbons (Fsp3) is 0.625. The van der Waals surface area contributed by atoms with E-state index in [-0.39, 0.29) is 11.3 Å². The summed E-state index contributed by atoms with van der Waals surface area (Å²) in [4.78, 5) is 17.8. The van der Waals surface area contributed by atoms with E-state index in [0.29, 0.717) is 24.3 Å². The van der Waals surface area contributed by atoms with Crippen molar-refractivity contribution in [3.63, 3.8) is 0 Å². The van der Waals surface area contributed by atoms with Crippen molar-refractivity contribution < 1.29 is 9.21 Å². The van der Waals surface area contributed by atoms with Gasteiger partial charge in [0.05, 0.1) is 11.8 Å².